The van der Waals surface area contributed by atoms with E-state index in [4.69, 9.17) is 4.74 Å². The van der Waals surface area contributed by atoms with Gasteiger partial charge in [0, 0.05) is 24.1 Å². The number of alkyl halides is 1. The van der Waals surface area contributed by atoms with Gasteiger partial charge < -0.3 is 4.74 Å². The van der Waals surface area contributed by atoms with Gasteiger partial charge in [-0.1, -0.05) is 67.0 Å². The van der Waals surface area contributed by atoms with Crippen molar-refractivity contribution in [3.63, 3.8) is 0 Å². The predicted molar refractivity (Wildman–Crippen MR) is 137 cm³/mol. The lowest BCUT2D eigenvalue weighted by Gasteiger charge is -2.56. The Labute approximate surface area is 210 Å². The molecule has 0 aromatic rings. The fraction of sp³-hybridized carbons (Fsp3) is 0.862. The van der Waals surface area contributed by atoms with E-state index in [0.717, 1.165) is 42.8 Å². The normalized spacial score (nSPS) is 37.7. The molecule has 0 heterocycles. The molecule has 0 amide bonds. The summed E-state index contributed by atoms with van der Waals surface area (Å²) in [6, 6.07) is 0. The first-order valence-electron chi connectivity index (χ1n) is 13.9. The minimum Gasteiger partial charge on any atom is -0.462 e. The van der Waals surface area contributed by atoms with Gasteiger partial charge in [0.05, 0.1) is 0 Å². The zero-order chi connectivity index (χ0) is 23.4. The van der Waals surface area contributed by atoms with Gasteiger partial charge in [0.15, 0.2) is 5.78 Å². The second-order valence-electron chi connectivity index (χ2n) is 11.8. The molecule has 7 atom stereocenters. The lowest BCUT2D eigenvalue weighted by molar-refractivity contribution is -0.157. The molecule has 0 aromatic carbocycles. The maximum atomic E-state index is 12.2. The second-order valence-corrected chi connectivity index (χ2v) is 12.6. The molecule has 0 N–H and O–H groups in total. The van der Waals surface area contributed by atoms with Crippen LogP contribution in [0.5, 0.6) is 0 Å². The lowest BCUT2D eigenvalue weighted by atomic mass is 9.49. The zero-order valence-electron chi connectivity index (χ0n) is 21.0. The van der Waals surface area contributed by atoms with Crippen LogP contribution in [0.1, 0.15) is 110 Å². The smallest absolute Gasteiger partial charge is 0.302 e. The molecule has 0 bridgehead atoms. The quantitative estimate of drug-likeness (QED) is 0.167. The van der Waals surface area contributed by atoms with E-state index in [-0.39, 0.29) is 17.5 Å². The molecule has 0 spiro atoms. The minimum absolute atomic E-state index is 0.103. The third kappa shape index (κ3) is 5.62. The third-order valence-corrected chi connectivity index (χ3v) is 10.5. The van der Waals surface area contributed by atoms with E-state index in [9.17, 15) is 9.59 Å². The van der Waals surface area contributed by atoms with Gasteiger partial charge in [-0.15, -0.1) is 0 Å². The fourth-order valence-electron chi connectivity index (χ4n) is 8.40. The van der Waals surface area contributed by atoms with E-state index in [1.54, 1.807) is 6.92 Å². The van der Waals surface area contributed by atoms with Crippen LogP contribution >= 0.6 is 15.9 Å². The maximum absolute atomic E-state index is 12.2. The molecule has 0 aromatic heterocycles. The molecular weight excluding hydrogens is 476 g/mol. The van der Waals surface area contributed by atoms with Crippen molar-refractivity contribution in [1.29, 1.82) is 0 Å². The molecule has 4 rings (SSSR count). The van der Waals surface area contributed by atoms with Crippen LogP contribution in [0.3, 0.4) is 0 Å². The number of ether oxygens (including phenoxy) is 1. The number of allylic oxidation sites excluding steroid dienone is 1. The maximum Gasteiger partial charge on any atom is 0.302 e. The number of unbranched alkanes of at least 4 members (excludes halogenated alkanes) is 6. The summed E-state index contributed by atoms with van der Waals surface area (Å²) in [5.74, 6) is 3.75. The monoisotopic (exact) mass is 520 g/mol. The third-order valence-electron chi connectivity index (χ3n) is 9.90. The Bertz CT molecular complexity index is 730. The second kappa shape index (κ2) is 11.4. The SMILES string of the molecule is CC(=O)O[C@H]1CC[C@H]2[C@@H]3[C@H](CCCCCCCCCBr)CC4=CC(=O)CCC4[C@H]3CC[C@]12C. The van der Waals surface area contributed by atoms with Crippen LogP contribution in [0.2, 0.25) is 0 Å². The molecule has 3 saturated carbocycles. The Morgan fingerprint density at radius 3 is 2.52 bits per heavy atom. The van der Waals surface area contributed by atoms with Crippen LogP contribution in [0.4, 0.5) is 0 Å². The topological polar surface area (TPSA) is 43.4 Å². The molecule has 4 heteroatoms. The number of hydrogen-bond donors (Lipinski definition) is 0. The van der Waals surface area contributed by atoms with E-state index in [1.165, 1.54) is 76.2 Å². The summed E-state index contributed by atoms with van der Waals surface area (Å²) >= 11 is 3.53. The Morgan fingerprint density at radius 1 is 1.06 bits per heavy atom. The summed E-state index contributed by atoms with van der Waals surface area (Å²) in [6.45, 7) is 4.00. The Kier molecular flexibility index (Phi) is 8.79. The van der Waals surface area contributed by atoms with Gasteiger partial charge in [-0.2, -0.15) is 0 Å². The summed E-state index contributed by atoms with van der Waals surface area (Å²) in [6.07, 6.45) is 20.5. The minimum atomic E-state index is -0.115. The average molecular weight is 522 g/mol. The standard InChI is InChI=1S/C29H45BrO3/c1-20(31)33-27-14-13-26-28-21(10-8-6-4-3-5-7-9-17-30)18-22-19-23(32)11-12-24(22)25(28)15-16-29(26,27)2/h19,21,24-28H,3-18H2,1-2H3/t21-,24?,25-,26+,27+,28-,29+/m1/s1. The molecule has 4 aliphatic rings. The lowest BCUT2D eigenvalue weighted by Crippen LogP contribution is -2.51. The number of halogens is 1. The van der Waals surface area contributed by atoms with Gasteiger partial charge in [-0.3, -0.25) is 9.59 Å². The molecule has 0 aliphatic heterocycles. The van der Waals surface area contributed by atoms with E-state index in [2.05, 4.69) is 22.9 Å². The Balaban J connectivity index is 1.44. The highest BCUT2D eigenvalue weighted by molar-refractivity contribution is 9.09. The highest BCUT2D eigenvalue weighted by Crippen LogP contribution is 2.64. The van der Waals surface area contributed by atoms with E-state index in [1.807, 2.05) is 6.08 Å². The molecule has 3 nitrogen and oxygen atoms in total. The summed E-state index contributed by atoms with van der Waals surface area (Å²) < 4.78 is 5.87. The van der Waals surface area contributed by atoms with Crippen molar-refractivity contribution in [2.24, 2.45) is 35.0 Å². The van der Waals surface area contributed by atoms with Gasteiger partial charge in [0.25, 0.3) is 0 Å². The van der Waals surface area contributed by atoms with Crippen LogP contribution in [0, 0.1) is 35.0 Å². The molecule has 3 fully saturated rings. The first kappa shape index (κ1) is 25.5. The van der Waals surface area contributed by atoms with Crippen molar-refractivity contribution in [1.82, 2.24) is 0 Å². The molecular formula is C29H45BrO3. The van der Waals surface area contributed by atoms with Crippen molar-refractivity contribution in [2.45, 2.75) is 116 Å². The van der Waals surface area contributed by atoms with Crippen LogP contribution in [0.15, 0.2) is 11.6 Å². The van der Waals surface area contributed by atoms with Gasteiger partial charge in [-0.25, -0.2) is 0 Å². The van der Waals surface area contributed by atoms with Gasteiger partial charge in [-0.05, 0) is 87.0 Å². The summed E-state index contributed by atoms with van der Waals surface area (Å²) in [5, 5.41) is 1.13. The van der Waals surface area contributed by atoms with Crippen LogP contribution in [0.25, 0.3) is 0 Å². The molecule has 186 valence electrons. The first-order chi connectivity index (χ1) is 15.9. The number of esters is 1. The van der Waals surface area contributed by atoms with Gasteiger partial charge in [0.2, 0.25) is 0 Å². The number of hydrogen-bond acceptors (Lipinski definition) is 3. The van der Waals surface area contributed by atoms with Gasteiger partial charge >= 0.3 is 5.97 Å². The fourth-order valence-corrected chi connectivity index (χ4v) is 8.80. The summed E-state index contributed by atoms with van der Waals surface area (Å²) in [4.78, 5) is 24.0. The number of carbonyl (C=O) groups excluding carboxylic acids is 2. The van der Waals surface area contributed by atoms with Crippen molar-refractivity contribution < 1.29 is 14.3 Å². The number of ketones is 1. The average Bonchev–Trinajstić information content (AvgIpc) is 3.10. The van der Waals surface area contributed by atoms with Crippen molar-refractivity contribution in [2.75, 3.05) is 5.33 Å². The van der Waals surface area contributed by atoms with E-state index in [0.29, 0.717) is 23.5 Å². The Morgan fingerprint density at radius 2 is 1.79 bits per heavy atom. The largest absolute Gasteiger partial charge is 0.462 e. The molecule has 4 aliphatic carbocycles. The Hall–Kier alpha value is -0.640. The van der Waals surface area contributed by atoms with Crippen LogP contribution in [-0.2, 0) is 14.3 Å². The molecule has 33 heavy (non-hydrogen) atoms. The van der Waals surface area contributed by atoms with Crippen LogP contribution < -0.4 is 0 Å². The first-order valence-corrected chi connectivity index (χ1v) is 15.0. The number of rotatable bonds is 10. The molecule has 0 saturated heterocycles. The summed E-state index contributed by atoms with van der Waals surface area (Å²) in [5.41, 5.74) is 1.64. The number of fused-ring (bicyclic) bond motifs is 5. The van der Waals surface area contributed by atoms with E-state index < -0.39 is 0 Å². The number of carbonyl (C=O) groups is 2. The molecule has 1 unspecified atom stereocenters. The highest BCUT2D eigenvalue weighted by Gasteiger charge is 2.59. The van der Waals surface area contributed by atoms with E-state index >= 15 is 0 Å². The molecule has 0 radical (unpaired) electrons. The van der Waals surface area contributed by atoms with Crippen molar-refractivity contribution in [3.8, 4) is 0 Å². The van der Waals surface area contributed by atoms with Crippen molar-refractivity contribution in [3.05, 3.63) is 11.6 Å². The van der Waals surface area contributed by atoms with Crippen molar-refractivity contribution >= 4 is 27.7 Å². The van der Waals surface area contributed by atoms with Gasteiger partial charge in [0.1, 0.15) is 6.10 Å². The van der Waals surface area contributed by atoms with Crippen LogP contribution in [-0.4, -0.2) is 23.2 Å². The predicted octanol–water partition coefficient (Wildman–Crippen LogP) is 7.80. The zero-order valence-corrected chi connectivity index (χ0v) is 22.5. The summed E-state index contributed by atoms with van der Waals surface area (Å²) in [7, 11) is 0. The highest BCUT2D eigenvalue weighted by atomic mass is 79.9.